The number of ether oxygens (including phenoxy) is 8. The van der Waals surface area contributed by atoms with E-state index in [-0.39, 0.29) is 44.2 Å². The Labute approximate surface area is 284 Å². The molecule has 0 unspecified atom stereocenters. The molecule has 49 heavy (non-hydrogen) atoms. The lowest BCUT2D eigenvalue weighted by Gasteiger charge is -2.15. The zero-order chi connectivity index (χ0) is 36.3. The molecule has 0 amide bonds. The van der Waals surface area contributed by atoms with Gasteiger partial charge in [0.15, 0.2) is 0 Å². The van der Waals surface area contributed by atoms with Crippen molar-refractivity contribution in [2.45, 2.75) is 73.0 Å². The molecule has 2 aromatic rings. The number of benzene rings is 2. The summed E-state index contributed by atoms with van der Waals surface area (Å²) in [6.45, 7) is 8.96. The van der Waals surface area contributed by atoms with E-state index in [2.05, 4.69) is 0 Å². The molecule has 0 spiro atoms. The molecule has 0 saturated heterocycles. The molecule has 0 aliphatic rings. The summed E-state index contributed by atoms with van der Waals surface area (Å²) in [7, 11) is 0. The number of rotatable bonds is 17. The van der Waals surface area contributed by atoms with Gasteiger partial charge in [-0.2, -0.15) is 0 Å². The van der Waals surface area contributed by atoms with Crippen LogP contribution in [0.4, 0.5) is 9.59 Å². The number of esters is 4. The molecule has 0 saturated carbocycles. The van der Waals surface area contributed by atoms with Crippen molar-refractivity contribution in [3.8, 4) is 17.2 Å². The van der Waals surface area contributed by atoms with Crippen LogP contribution < -0.4 is 14.2 Å². The fourth-order valence-electron chi connectivity index (χ4n) is 3.79. The summed E-state index contributed by atoms with van der Waals surface area (Å²) in [5.41, 5.74) is 1.19. The largest absolute Gasteiger partial charge is 0.514 e. The summed E-state index contributed by atoms with van der Waals surface area (Å²) < 4.78 is 41.1. The van der Waals surface area contributed by atoms with E-state index in [1.165, 1.54) is 39.0 Å². The molecular formula is C35H42O14. The summed E-state index contributed by atoms with van der Waals surface area (Å²) in [5.74, 6) is -1.96. The normalized spacial score (nSPS) is 12.5. The molecular weight excluding hydrogens is 644 g/mol. The predicted molar refractivity (Wildman–Crippen MR) is 174 cm³/mol. The highest BCUT2D eigenvalue weighted by Crippen LogP contribution is 2.26. The van der Waals surface area contributed by atoms with Crippen LogP contribution >= 0.6 is 0 Å². The van der Waals surface area contributed by atoms with Crippen molar-refractivity contribution in [1.82, 2.24) is 0 Å². The minimum atomic E-state index is -1.03. The summed E-state index contributed by atoms with van der Waals surface area (Å²) in [5, 5.41) is 0. The first kappa shape index (κ1) is 39.8. The van der Waals surface area contributed by atoms with Gasteiger partial charge in [0.2, 0.25) is 0 Å². The van der Waals surface area contributed by atoms with Crippen LogP contribution in [0.15, 0.2) is 42.5 Å². The van der Waals surface area contributed by atoms with E-state index in [0.717, 1.165) is 5.56 Å². The van der Waals surface area contributed by atoms with Gasteiger partial charge in [0, 0.05) is 39.7 Å². The highest BCUT2D eigenvalue weighted by Gasteiger charge is 2.18. The Kier molecular flexibility index (Phi) is 16.8. The molecule has 0 bridgehead atoms. The maximum Gasteiger partial charge on any atom is 0.514 e. The Balaban J connectivity index is 2.14. The third-order valence-corrected chi connectivity index (χ3v) is 6.38. The van der Waals surface area contributed by atoms with E-state index in [0.29, 0.717) is 17.7 Å². The highest BCUT2D eigenvalue weighted by atomic mass is 16.7. The third kappa shape index (κ3) is 17.4. The van der Waals surface area contributed by atoms with Gasteiger partial charge in [-0.15, -0.1) is 0 Å². The van der Waals surface area contributed by atoms with Crippen molar-refractivity contribution in [1.29, 1.82) is 0 Å². The monoisotopic (exact) mass is 686 g/mol. The summed E-state index contributed by atoms with van der Waals surface area (Å²) in [6, 6.07) is 11.0. The quantitative estimate of drug-likeness (QED) is 0.0616. The summed E-state index contributed by atoms with van der Waals surface area (Å²) >= 11 is 0. The summed E-state index contributed by atoms with van der Waals surface area (Å²) in [6.07, 6.45) is 0.901. The van der Waals surface area contributed by atoms with Crippen LogP contribution in [0.3, 0.4) is 0 Å². The fourth-order valence-corrected chi connectivity index (χ4v) is 3.79. The number of carbonyl (C=O) groups excluding carboxylic acids is 6. The molecule has 3 atom stereocenters. The molecule has 2 aromatic carbocycles. The van der Waals surface area contributed by atoms with Gasteiger partial charge >= 0.3 is 36.2 Å². The van der Waals surface area contributed by atoms with Crippen molar-refractivity contribution in [2.75, 3.05) is 19.8 Å². The van der Waals surface area contributed by atoms with Crippen LogP contribution in [0.1, 0.15) is 71.9 Å². The highest BCUT2D eigenvalue weighted by molar-refractivity contribution is 5.76. The molecule has 0 heterocycles. The van der Waals surface area contributed by atoms with Crippen molar-refractivity contribution in [3.05, 3.63) is 53.6 Å². The maximum atomic E-state index is 12.5. The van der Waals surface area contributed by atoms with Gasteiger partial charge in [-0.3, -0.25) is 19.2 Å². The van der Waals surface area contributed by atoms with E-state index < -0.39 is 54.3 Å². The molecule has 266 valence electrons. The lowest BCUT2D eigenvalue weighted by Crippen LogP contribution is -2.21. The van der Waals surface area contributed by atoms with Crippen molar-refractivity contribution in [3.63, 3.8) is 0 Å². The van der Waals surface area contributed by atoms with Gasteiger partial charge in [-0.25, -0.2) is 9.59 Å². The molecule has 2 rings (SSSR count). The molecule has 0 radical (unpaired) electrons. The first-order valence-electron chi connectivity index (χ1n) is 15.5. The van der Waals surface area contributed by atoms with E-state index in [1.807, 2.05) is 0 Å². The molecule has 0 aliphatic carbocycles. The number of hydrogen-bond donors (Lipinski definition) is 0. The van der Waals surface area contributed by atoms with Gasteiger partial charge in [0.25, 0.3) is 0 Å². The Morgan fingerprint density at radius 2 is 0.980 bits per heavy atom. The van der Waals surface area contributed by atoms with Crippen LogP contribution in [0.2, 0.25) is 0 Å². The van der Waals surface area contributed by atoms with Crippen LogP contribution in [0.25, 0.3) is 12.2 Å². The van der Waals surface area contributed by atoms with E-state index in [9.17, 15) is 28.8 Å². The van der Waals surface area contributed by atoms with Crippen LogP contribution in [-0.2, 0) is 42.9 Å². The standard InChI is InChI=1S/C35H42O14/c1-22(13-16-42-25(4)36)33(39)47-30-11-9-28(10-12-30)7-8-29-19-31(48-34(40)45-23(2)14-17-43-26(5)37)21-32(20-29)49-35(41)46-24(3)15-18-44-27(6)38/h7-12,19-24H,13-18H2,1-6H3/b8-7+/t22-,23-,24-/m1/s1. The second-order valence-electron chi connectivity index (χ2n) is 10.9. The fraction of sp³-hybridized carbons (Fsp3) is 0.429. The average molecular weight is 687 g/mol. The van der Waals surface area contributed by atoms with Crippen LogP contribution in [-0.4, -0.2) is 68.2 Å². The van der Waals surface area contributed by atoms with Gasteiger partial charge in [0.05, 0.1) is 25.7 Å². The smallest absolute Gasteiger partial charge is 0.466 e. The van der Waals surface area contributed by atoms with E-state index >= 15 is 0 Å². The molecule has 0 N–H and O–H groups in total. The molecule has 0 aliphatic heterocycles. The zero-order valence-electron chi connectivity index (χ0n) is 28.4. The maximum absolute atomic E-state index is 12.5. The SMILES string of the molecule is CC(=O)OCC[C@@H](C)OC(=O)Oc1cc(/C=C/c2ccc(OC(=O)[C@H](C)CCOC(C)=O)cc2)cc(OC(=O)O[C@H](C)CCOC(C)=O)c1. The minimum absolute atomic E-state index is 0.00451. The average Bonchev–Trinajstić information content (AvgIpc) is 2.99. The lowest BCUT2D eigenvalue weighted by atomic mass is 10.1. The Morgan fingerprint density at radius 1 is 0.551 bits per heavy atom. The molecule has 0 fully saturated rings. The van der Waals surface area contributed by atoms with E-state index in [4.69, 9.17) is 37.9 Å². The Hall–Kier alpha value is -5.40. The minimum Gasteiger partial charge on any atom is -0.466 e. The molecule has 14 heteroatoms. The third-order valence-electron chi connectivity index (χ3n) is 6.38. The number of carbonyl (C=O) groups is 6. The van der Waals surface area contributed by atoms with Crippen LogP contribution in [0, 0.1) is 5.92 Å². The van der Waals surface area contributed by atoms with Gasteiger partial charge < -0.3 is 37.9 Å². The molecule has 14 nitrogen and oxygen atoms in total. The lowest BCUT2D eigenvalue weighted by molar-refractivity contribution is -0.144. The van der Waals surface area contributed by atoms with Crippen molar-refractivity contribution < 1.29 is 66.7 Å². The predicted octanol–water partition coefficient (Wildman–Crippen LogP) is 6.07. The van der Waals surface area contributed by atoms with Gasteiger partial charge in [-0.05, 0) is 55.7 Å². The number of hydrogen-bond acceptors (Lipinski definition) is 14. The zero-order valence-corrected chi connectivity index (χ0v) is 28.4. The second-order valence-corrected chi connectivity index (χ2v) is 10.9. The van der Waals surface area contributed by atoms with Crippen molar-refractivity contribution >= 4 is 48.3 Å². The van der Waals surface area contributed by atoms with E-state index in [1.54, 1.807) is 57.2 Å². The topological polar surface area (TPSA) is 176 Å². The Bertz CT molecular complexity index is 1400. The first-order chi connectivity index (χ1) is 23.2. The van der Waals surface area contributed by atoms with Gasteiger partial charge in [-0.1, -0.05) is 31.2 Å². The van der Waals surface area contributed by atoms with Crippen LogP contribution in [0.5, 0.6) is 17.2 Å². The second kappa shape index (κ2) is 20.8. The summed E-state index contributed by atoms with van der Waals surface area (Å²) in [4.78, 5) is 70.2. The van der Waals surface area contributed by atoms with Gasteiger partial charge in [0.1, 0.15) is 29.5 Å². The van der Waals surface area contributed by atoms with Crippen molar-refractivity contribution in [2.24, 2.45) is 5.92 Å². The Morgan fingerprint density at radius 3 is 1.43 bits per heavy atom. The first-order valence-corrected chi connectivity index (χ1v) is 15.5. The molecule has 0 aromatic heterocycles.